The van der Waals surface area contributed by atoms with Crippen LogP contribution in [-0.4, -0.2) is 51.2 Å². The largest absolute Gasteiger partial charge is 0.468 e. The molecule has 27 heavy (non-hydrogen) atoms. The van der Waals surface area contributed by atoms with Crippen molar-refractivity contribution in [2.24, 2.45) is 11.8 Å². The molecule has 1 N–H and O–H groups in total. The molecule has 1 rings (SSSR count). The van der Waals surface area contributed by atoms with Gasteiger partial charge in [-0.25, -0.2) is 9.18 Å². The first-order valence-corrected chi connectivity index (χ1v) is 8.02. The molecule has 0 aliphatic rings. The molecule has 0 radical (unpaired) electrons. The summed E-state index contributed by atoms with van der Waals surface area (Å²) in [5, 5.41) is 2.45. The molecule has 0 unspecified atom stereocenters. The van der Waals surface area contributed by atoms with Gasteiger partial charge in [-0.2, -0.15) is 0 Å². The smallest absolute Gasteiger partial charge is 0.328 e. The third-order valence-corrected chi connectivity index (χ3v) is 4.01. The Morgan fingerprint density at radius 2 is 1.41 bits per heavy atom. The molecule has 8 nitrogen and oxygen atoms in total. The zero-order chi connectivity index (χ0) is 20.6. The van der Waals surface area contributed by atoms with Gasteiger partial charge in [0.15, 0.2) is 5.92 Å². The highest BCUT2D eigenvalue weighted by Gasteiger charge is 2.42. The SMILES string of the molecule is COC(=O)C(C(=O)OC)[C@H](C)[C@@H](NC(=O)Cc1ccc(F)cc1)C(=O)OC. The van der Waals surface area contributed by atoms with Crippen LogP contribution in [0.2, 0.25) is 0 Å². The van der Waals surface area contributed by atoms with Crippen LogP contribution >= 0.6 is 0 Å². The van der Waals surface area contributed by atoms with Crippen LogP contribution in [0.1, 0.15) is 12.5 Å². The summed E-state index contributed by atoms with van der Waals surface area (Å²) in [5.74, 6) is -6.11. The normalized spacial score (nSPS) is 12.7. The van der Waals surface area contributed by atoms with Crippen molar-refractivity contribution in [1.82, 2.24) is 5.32 Å². The van der Waals surface area contributed by atoms with Gasteiger partial charge in [-0.1, -0.05) is 19.1 Å². The minimum absolute atomic E-state index is 0.137. The molecule has 1 aromatic carbocycles. The van der Waals surface area contributed by atoms with Gasteiger partial charge in [0.05, 0.1) is 27.8 Å². The minimum atomic E-state index is -1.43. The molecule has 0 aromatic heterocycles. The predicted molar refractivity (Wildman–Crippen MR) is 90.7 cm³/mol. The van der Waals surface area contributed by atoms with Crippen molar-refractivity contribution in [3.63, 3.8) is 0 Å². The van der Waals surface area contributed by atoms with Crippen LogP contribution in [0.15, 0.2) is 24.3 Å². The van der Waals surface area contributed by atoms with Crippen LogP contribution in [0.5, 0.6) is 0 Å². The average molecular weight is 383 g/mol. The summed E-state index contributed by atoms with van der Waals surface area (Å²) in [5.41, 5.74) is 0.516. The van der Waals surface area contributed by atoms with E-state index in [4.69, 9.17) is 0 Å². The predicted octanol–water partition coefficient (Wildman–Crippen LogP) is 0.624. The standard InChI is InChI=1S/C18H22FNO7/c1-10(14(16(22)25-2)17(23)26-3)15(18(24)27-4)20-13(21)9-11-5-7-12(19)8-6-11/h5-8,10,14-15H,9H2,1-4H3,(H,20,21)/t10-,15+/m0/s1. The van der Waals surface area contributed by atoms with Crippen molar-refractivity contribution in [3.05, 3.63) is 35.6 Å². The van der Waals surface area contributed by atoms with Gasteiger partial charge in [0, 0.05) is 5.92 Å². The zero-order valence-corrected chi connectivity index (χ0v) is 15.5. The Morgan fingerprint density at radius 3 is 1.85 bits per heavy atom. The second kappa shape index (κ2) is 10.2. The number of hydrogen-bond acceptors (Lipinski definition) is 7. The van der Waals surface area contributed by atoms with Crippen LogP contribution < -0.4 is 5.32 Å². The molecule has 0 fully saturated rings. The third kappa shape index (κ3) is 6.05. The molecule has 9 heteroatoms. The van der Waals surface area contributed by atoms with E-state index in [0.717, 1.165) is 21.3 Å². The molecule has 0 aliphatic heterocycles. The summed E-state index contributed by atoms with van der Waals surface area (Å²) in [6.45, 7) is 1.41. The van der Waals surface area contributed by atoms with E-state index in [0.29, 0.717) is 5.56 Å². The average Bonchev–Trinajstić information content (AvgIpc) is 2.66. The lowest BCUT2D eigenvalue weighted by Crippen LogP contribution is -2.51. The first-order valence-electron chi connectivity index (χ1n) is 8.02. The van der Waals surface area contributed by atoms with Gasteiger partial charge in [0.1, 0.15) is 11.9 Å². The van der Waals surface area contributed by atoms with Crippen LogP contribution in [-0.2, 0) is 39.8 Å². The van der Waals surface area contributed by atoms with E-state index in [-0.39, 0.29) is 6.42 Å². The highest BCUT2D eigenvalue weighted by atomic mass is 19.1. The number of nitrogens with one attached hydrogen (secondary N) is 1. The summed E-state index contributed by atoms with van der Waals surface area (Å²) in [4.78, 5) is 48.3. The van der Waals surface area contributed by atoms with Crippen LogP contribution in [0.4, 0.5) is 4.39 Å². The Hall–Kier alpha value is -2.97. The molecule has 2 atom stereocenters. The topological polar surface area (TPSA) is 108 Å². The lowest BCUT2D eigenvalue weighted by atomic mass is 9.87. The first kappa shape index (κ1) is 22.1. The molecule has 148 valence electrons. The number of amides is 1. The maximum Gasteiger partial charge on any atom is 0.328 e. The second-order valence-electron chi connectivity index (χ2n) is 5.75. The molecular weight excluding hydrogens is 361 g/mol. The van der Waals surface area contributed by atoms with Crippen LogP contribution in [0.25, 0.3) is 0 Å². The van der Waals surface area contributed by atoms with Gasteiger partial charge >= 0.3 is 17.9 Å². The summed E-state index contributed by atoms with van der Waals surface area (Å²) in [6.07, 6.45) is -0.137. The van der Waals surface area contributed by atoms with Crippen molar-refractivity contribution in [2.75, 3.05) is 21.3 Å². The zero-order valence-electron chi connectivity index (χ0n) is 15.5. The number of hydrogen-bond donors (Lipinski definition) is 1. The quantitative estimate of drug-likeness (QED) is 0.398. The van der Waals surface area contributed by atoms with Gasteiger partial charge in [0.2, 0.25) is 5.91 Å². The summed E-state index contributed by atoms with van der Waals surface area (Å²) in [6, 6.07) is 3.96. The number of halogens is 1. The Labute approximate surface area is 156 Å². The Balaban J connectivity index is 3.00. The van der Waals surface area contributed by atoms with Crippen molar-refractivity contribution >= 4 is 23.8 Å². The van der Waals surface area contributed by atoms with Crippen molar-refractivity contribution in [2.45, 2.75) is 19.4 Å². The fourth-order valence-corrected chi connectivity index (χ4v) is 2.52. The van der Waals surface area contributed by atoms with E-state index >= 15 is 0 Å². The number of esters is 3. The Bertz CT molecular complexity index is 673. The fraction of sp³-hybridized carbons (Fsp3) is 0.444. The van der Waals surface area contributed by atoms with E-state index in [2.05, 4.69) is 19.5 Å². The van der Waals surface area contributed by atoms with Crippen molar-refractivity contribution < 1.29 is 37.8 Å². The van der Waals surface area contributed by atoms with Gasteiger partial charge in [0.25, 0.3) is 0 Å². The number of methoxy groups -OCH3 is 3. The van der Waals surface area contributed by atoms with E-state index in [1.807, 2.05) is 0 Å². The van der Waals surface area contributed by atoms with Crippen LogP contribution in [0.3, 0.4) is 0 Å². The number of rotatable bonds is 8. The monoisotopic (exact) mass is 383 g/mol. The fourth-order valence-electron chi connectivity index (χ4n) is 2.52. The summed E-state index contributed by atoms with van der Waals surface area (Å²) in [7, 11) is 3.29. The van der Waals surface area contributed by atoms with E-state index in [1.165, 1.54) is 31.2 Å². The van der Waals surface area contributed by atoms with Gasteiger partial charge < -0.3 is 19.5 Å². The first-order chi connectivity index (χ1) is 12.7. The molecular formula is C18H22FNO7. The van der Waals surface area contributed by atoms with E-state index in [1.54, 1.807) is 0 Å². The maximum absolute atomic E-state index is 12.9. The number of benzene rings is 1. The lowest BCUT2D eigenvalue weighted by Gasteiger charge is -2.27. The number of carbonyl (C=O) groups is 4. The summed E-state index contributed by atoms with van der Waals surface area (Å²) >= 11 is 0. The maximum atomic E-state index is 12.9. The molecule has 0 bridgehead atoms. The highest BCUT2D eigenvalue weighted by Crippen LogP contribution is 2.20. The second-order valence-corrected chi connectivity index (χ2v) is 5.75. The molecule has 0 saturated heterocycles. The molecule has 0 heterocycles. The third-order valence-electron chi connectivity index (χ3n) is 4.01. The van der Waals surface area contributed by atoms with E-state index < -0.39 is 47.5 Å². The lowest BCUT2D eigenvalue weighted by molar-refractivity contribution is -0.163. The Morgan fingerprint density at radius 1 is 0.926 bits per heavy atom. The molecule has 0 spiro atoms. The molecule has 1 aromatic rings. The number of carbonyl (C=O) groups excluding carboxylic acids is 4. The van der Waals surface area contributed by atoms with Gasteiger partial charge in [-0.15, -0.1) is 0 Å². The summed E-state index contributed by atoms with van der Waals surface area (Å²) < 4.78 is 26.8. The van der Waals surface area contributed by atoms with Crippen molar-refractivity contribution in [3.8, 4) is 0 Å². The van der Waals surface area contributed by atoms with Crippen molar-refractivity contribution in [1.29, 1.82) is 0 Å². The molecule has 0 saturated carbocycles. The Kier molecular flexibility index (Phi) is 8.37. The van der Waals surface area contributed by atoms with Crippen LogP contribution in [0, 0.1) is 17.7 Å². The molecule has 1 amide bonds. The molecule has 0 aliphatic carbocycles. The number of ether oxygens (including phenoxy) is 3. The minimum Gasteiger partial charge on any atom is -0.468 e. The highest BCUT2D eigenvalue weighted by molar-refractivity contribution is 5.96. The van der Waals surface area contributed by atoms with Gasteiger partial charge in [-0.3, -0.25) is 14.4 Å². The van der Waals surface area contributed by atoms with E-state index in [9.17, 15) is 23.6 Å². The van der Waals surface area contributed by atoms with Gasteiger partial charge in [-0.05, 0) is 17.7 Å².